The Balaban J connectivity index is 1.37. The number of aromatic nitrogens is 2. The van der Waals surface area contributed by atoms with Crippen molar-refractivity contribution < 1.29 is 28.7 Å². The zero-order chi connectivity index (χ0) is 32.1. The second-order valence-corrected chi connectivity index (χ2v) is 13.3. The van der Waals surface area contributed by atoms with Crippen LogP contribution in [0, 0.1) is 11.8 Å². The maximum Gasteiger partial charge on any atom is 0.248 e. The molecule has 1 saturated carbocycles. The van der Waals surface area contributed by atoms with Gasteiger partial charge in [-0.2, -0.15) is 4.98 Å². The minimum Gasteiger partial charge on any atom is -0.493 e. The first-order valence-corrected chi connectivity index (χ1v) is 16.9. The Hall–Kier alpha value is -3.61. The van der Waals surface area contributed by atoms with Crippen molar-refractivity contribution >= 4 is 57.3 Å². The number of hydrogen-bond donors (Lipinski definition) is 1. The maximum atomic E-state index is 13.8. The molecule has 2 atom stereocenters. The van der Waals surface area contributed by atoms with E-state index in [1.807, 2.05) is 9.80 Å². The average Bonchev–Trinajstić information content (AvgIpc) is 3.56. The van der Waals surface area contributed by atoms with E-state index in [0.29, 0.717) is 85.5 Å². The maximum absolute atomic E-state index is 13.8. The van der Waals surface area contributed by atoms with Gasteiger partial charge in [0.1, 0.15) is 11.9 Å². The molecule has 0 radical (unpaired) electrons. The number of benzene rings is 1. The zero-order valence-electron chi connectivity index (χ0n) is 26.7. The molecule has 0 spiro atoms. The van der Waals surface area contributed by atoms with Crippen LogP contribution in [0.25, 0.3) is 10.9 Å². The summed E-state index contributed by atoms with van der Waals surface area (Å²) in [6.45, 7) is 6.08. The Morgan fingerprint density at radius 3 is 2.29 bits per heavy atom. The molecule has 13 heteroatoms. The molecule has 1 N–H and O–H groups in total. The van der Waals surface area contributed by atoms with Crippen LogP contribution in [-0.2, 0) is 19.2 Å². The van der Waals surface area contributed by atoms with Crippen LogP contribution in [-0.4, -0.2) is 101 Å². The first kappa shape index (κ1) is 32.8. The fraction of sp³-hybridized carbons (Fsp3) is 0.625. The molecule has 2 unspecified atom stereocenters. The number of carbonyl (C=O) groups excluding carboxylic acids is 4. The van der Waals surface area contributed by atoms with E-state index in [9.17, 15) is 19.2 Å². The fourth-order valence-corrected chi connectivity index (χ4v) is 7.14. The summed E-state index contributed by atoms with van der Waals surface area (Å²) in [7, 11) is 3.09. The van der Waals surface area contributed by atoms with E-state index in [0.717, 1.165) is 37.4 Å². The number of amides is 3. The first-order valence-electron chi connectivity index (χ1n) is 15.9. The molecule has 2 aromatic rings. The molecule has 3 fully saturated rings. The molecular formula is C32H44N6O6S. The SMILES string of the molecule is COc1cc2nc(N3CCN(C(=O)C4CCCCC4)CC3)nc(NC(=O)C3CCCN3C(=O)C(C)CSC(C)=O)c2cc1OC. The predicted molar refractivity (Wildman–Crippen MR) is 174 cm³/mol. The molecule has 3 aliphatic rings. The number of anilines is 2. The highest BCUT2D eigenvalue weighted by atomic mass is 32.2. The van der Waals surface area contributed by atoms with Crippen molar-refractivity contribution in [3.63, 3.8) is 0 Å². The fourth-order valence-electron chi connectivity index (χ4n) is 6.51. The lowest BCUT2D eigenvalue weighted by atomic mass is 9.88. The zero-order valence-corrected chi connectivity index (χ0v) is 27.5. The van der Waals surface area contributed by atoms with Gasteiger partial charge in [0.25, 0.3) is 0 Å². The van der Waals surface area contributed by atoms with Crippen LogP contribution in [0.5, 0.6) is 11.5 Å². The summed E-state index contributed by atoms with van der Waals surface area (Å²) in [4.78, 5) is 66.9. The van der Waals surface area contributed by atoms with Crippen LogP contribution in [0.4, 0.5) is 11.8 Å². The topological polar surface area (TPSA) is 134 Å². The number of likely N-dealkylation sites (tertiary alicyclic amines) is 1. The number of methoxy groups -OCH3 is 2. The molecule has 2 saturated heterocycles. The molecule has 1 aromatic heterocycles. The van der Waals surface area contributed by atoms with Crippen molar-refractivity contribution in [1.82, 2.24) is 19.8 Å². The van der Waals surface area contributed by atoms with Gasteiger partial charge >= 0.3 is 0 Å². The number of thioether (sulfide) groups is 1. The van der Waals surface area contributed by atoms with Crippen LogP contribution in [0.1, 0.15) is 58.8 Å². The Kier molecular flexibility index (Phi) is 10.7. The van der Waals surface area contributed by atoms with Gasteiger partial charge < -0.3 is 29.5 Å². The number of fused-ring (bicyclic) bond motifs is 1. The predicted octanol–water partition coefficient (Wildman–Crippen LogP) is 3.72. The Bertz CT molecular complexity index is 1420. The van der Waals surface area contributed by atoms with Gasteiger partial charge in [0.15, 0.2) is 16.6 Å². The average molecular weight is 641 g/mol. The summed E-state index contributed by atoms with van der Waals surface area (Å²) >= 11 is 1.12. The summed E-state index contributed by atoms with van der Waals surface area (Å²) in [5, 5.41) is 3.55. The van der Waals surface area contributed by atoms with E-state index in [-0.39, 0.29) is 34.7 Å². The van der Waals surface area contributed by atoms with E-state index in [4.69, 9.17) is 19.4 Å². The lowest BCUT2D eigenvalue weighted by Crippen LogP contribution is -2.51. The number of ether oxygens (including phenoxy) is 2. The van der Waals surface area contributed by atoms with Gasteiger partial charge in [0.2, 0.25) is 23.7 Å². The highest BCUT2D eigenvalue weighted by molar-refractivity contribution is 8.13. The van der Waals surface area contributed by atoms with Crippen LogP contribution in [0.15, 0.2) is 12.1 Å². The van der Waals surface area contributed by atoms with Gasteiger partial charge in [0, 0.05) is 68.7 Å². The van der Waals surface area contributed by atoms with Gasteiger partial charge in [-0.05, 0) is 31.7 Å². The van der Waals surface area contributed by atoms with E-state index in [2.05, 4.69) is 5.32 Å². The van der Waals surface area contributed by atoms with E-state index < -0.39 is 6.04 Å². The molecule has 12 nitrogen and oxygen atoms in total. The lowest BCUT2D eigenvalue weighted by Gasteiger charge is -2.37. The molecule has 3 heterocycles. The first-order chi connectivity index (χ1) is 21.7. The summed E-state index contributed by atoms with van der Waals surface area (Å²) in [6, 6.07) is 2.86. The summed E-state index contributed by atoms with van der Waals surface area (Å²) in [5.41, 5.74) is 0.572. The third-order valence-corrected chi connectivity index (χ3v) is 10.1. The largest absolute Gasteiger partial charge is 0.493 e. The quantitative estimate of drug-likeness (QED) is 0.432. The molecule has 3 amide bonds. The molecule has 244 valence electrons. The van der Waals surface area contributed by atoms with E-state index >= 15 is 0 Å². The van der Waals surface area contributed by atoms with Gasteiger partial charge in [-0.25, -0.2) is 4.98 Å². The molecule has 1 aliphatic carbocycles. The number of hydrogen-bond acceptors (Lipinski definition) is 10. The third kappa shape index (κ3) is 7.45. The number of piperazine rings is 1. The standard InChI is InChI=1S/C32H44N6O6S/c1-20(19-45-21(2)39)30(41)38-12-8-11-25(38)29(40)34-28-23-17-26(43-3)27(44-4)18-24(23)33-32(35-28)37-15-13-36(14-16-37)31(42)22-9-6-5-7-10-22/h17-18,20,22,25H,5-16,19H2,1-4H3,(H,33,34,35,40). The van der Waals surface area contributed by atoms with Gasteiger partial charge in [-0.15, -0.1) is 0 Å². The highest BCUT2D eigenvalue weighted by Gasteiger charge is 2.37. The number of carbonyl (C=O) groups is 4. The van der Waals surface area contributed by atoms with Crippen molar-refractivity contribution in [3.05, 3.63) is 12.1 Å². The molecule has 0 bridgehead atoms. The molecule has 1 aromatic carbocycles. The van der Waals surface area contributed by atoms with E-state index in [1.54, 1.807) is 38.2 Å². The van der Waals surface area contributed by atoms with Crippen molar-refractivity contribution in [2.24, 2.45) is 11.8 Å². The minimum absolute atomic E-state index is 0.0406. The Morgan fingerprint density at radius 1 is 0.933 bits per heavy atom. The third-order valence-electron chi connectivity index (χ3n) is 9.06. The number of rotatable bonds is 9. The van der Waals surface area contributed by atoms with Crippen molar-refractivity contribution in [2.45, 2.75) is 64.8 Å². The van der Waals surface area contributed by atoms with Crippen LogP contribution < -0.4 is 19.7 Å². The number of nitrogens with zero attached hydrogens (tertiary/aromatic N) is 5. The summed E-state index contributed by atoms with van der Waals surface area (Å²) < 4.78 is 11.1. The highest BCUT2D eigenvalue weighted by Crippen LogP contribution is 2.36. The monoisotopic (exact) mass is 640 g/mol. The van der Waals surface area contributed by atoms with Crippen LogP contribution in [0.3, 0.4) is 0 Å². The molecular weight excluding hydrogens is 596 g/mol. The summed E-state index contributed by atoms with van der Waals surface area (Å²) in [6.07, 6.45) is 6.64. The molecule has 5 rings (SSSR count). The molecule has 2 aliphatic heterocycles. The van der Waals surface area contributed by atoms with Crippen LogP contribution >= 0.6 is 11.8 Å². The summed E-state index contributed by atoms with van der Waals surface area (Å²) in [5.74, 6) is 1.65. The van der Waals surface area contributed by atoms with Crippen molar-refractivity contribution in [1.29, 1.82) is 0 Å². The van der Waals surface area contributed by atoms with Crippen molar-refractivity contribution in [2.75, 3.05) is 62.9 Å². The van der Waals surface area contributed by atoms with E-state index in [1.165, 1.54) is 13.3 Å². The van der Waals surface area contributed by atoms with Gasteiger partial charge in [-0.1, -0.05) is 37.9 Å². The normalized spacial score (nSPS) is 19.8. The lowest BCUT2D eigenvalue weighted by molar-refractivity contribution is -0.139. The molecule has 45 heavy (non-hydrogen) atoms. The second kappa shape index (κ2) is 14.7. The van der Waals surface area contributed by atoms with Gasteiger partial charge in [-0.3, -0.25) is 19.2 Å². The Labute approximate surface area is 268 Å². The van der Waals surface area contributed by atoms with Gasteiger partial charge in [0.05, 0.1) is 19.7 Å². The minimum atomic E-state index is -0.648. The number of nitrogens with one attached hydrogen (secondary N) is 1. The Morgan fingerprint density at radius 2 is 1.62 bits per heavy atom. The van der Waals surface area contributed by atoms with Crippen LogP contribution in [0.2, 0.25) is 0 Å². The second-order valence-electron chi connectivity index (χ2n) is 12.1. The van der Waals surface area contributed by atoms with Crippen molar-refractivity contribution in [3.8, 4) is 11.5 Å². The smallest absolute Gasteiger partial charge is 0.248 e.